The highest BCUT2D eigenvalue weighted by molar-refractivity contribution is 5.87. The van der Waals surface area contributed by atoms with Crippen molar-refractivity contribution in [1.82, 2.24) is 10.2 Å². The number of rotatable bonds is 9. The number of methoxy groups -OCH3 is 1. The van der Waals surface area contributed by atoms with Crippen molar-refractivity contribution in [2.75, 3.05) is 33.4 Å². The van der Waals surface area contributed by atoms with Crippen molar-refractivity contribution in [3.63, 3.8) is 0 Å². The van der Waals surface area contributed by atoms with E-state index >= 15 is 0 Å². The van der Waals surface area contributed by atoms with Crippen LogP contribution in [0.5, 0.6) is 0 Å². The van der Waals surface area contributed by atoms with E-state index in [2.05, 4.69) is 29.6 Å². The Balaban J connectivity index is 1.62. The van der Waals surface area contributed by atoms with Gasteiger partial charge in [-0.15, -0.1) is 0 Å². The van der Waals surface area contributed by atoms with E-state index in [1.54, 1.807) is 0 Å². The molecule has 2 aromatic rings. The lowest BCUT2D eigenvalue weighted by atomic mass is 10.00. The first-order valence-corrected chi connectivity index (χ1v) is 10.2. The maximum absolute atomic E-state index is 12.8. The lowest BCUT2D eigenvalue weighted by molar-refractivity contribution is -0.141. The normalized spacial score (nSPS) is 17.4. The number of amides is 1. The van der Waals surface area contributed by atoms with Crippen molar-refractivity contribution in [2.45, 2.75) is 38.3 Å². The first-order valence-electron chi connectivity index (χ1n) is 10.2. The van der Waals surface area contributed by atoms with Crippen molar-refractivity contribution in [3.05, 3.63) is 48.0 Å². The Morgan fingerprint density at radius 2 is 2.03 bits per heavy atom. The van der Waals surface area contributed by atoms with Gasteiger partial charge in [0, 0.05) is 19.7 Å². The van der Waals surface area contributed by atoms with Crippen LogP contribution in [0.1, 0.15) is 37.8 Å². The number of nitrogens with zero attached hydrogens (tertiary/aromatic N) is 1. The predicted octanol–water partition coefficient (Wildman–Crippen LogP) is 3.06. The van der Waals surface area contributed by atoms with Crippen LogP contribution in [0.4, 0.5) is 0 Å². The number of carbonyl (C=O) groups excluding carboxylic acids is 2. The molecule has 1 N–H and O–H groups in total. The van der Waals surface area contributed by atoms with Crippen LogP contribution >= 0.6 is 0 Å². The maximum atomic E-state index is 12.8. The zero-order valence-corrected chi connectivity index (χ0v) is 17.2. The topological polar surface area (TPSA) is 67.9 Å². The summed E-state index contributed by atoms with van der Waals surface area (Å²) in [6.07, 6.45) is 2.41. The minimum Gasteiger partial charge on any atom is -0.469 e. The van der Waals surface area contributed by atoms with Gasteiger partial charge in [0.25, 0.3) is 0 Å². The Morgan fingerprint density at radius 3 is 2.79 bits per heavy atom. The van der Waals surface area contributed by atoms with Gasteiger partial charge >= 0.3 is 5.97 Å². The van der Waals surface area contributed by atoms with E-state index < -0.39 is 0 Å². The van der Waals surface area contributed by atoms with Crippen molar-refractivity contribution in [3.8, 4) is 0 Å². The molecule has 1 amide bonds. The lowest BCUT2D eigenvalue weighted by Gasteiger charge is -2.25. The van der Waals surface area contributed by atoms with E-state index in [1.165, 1.54) is 7.11 Å². The van der Waals surface area contributed by atoms with Gasteiger partial charge in [-0.3, -0.25) is 14.5 Å². The molecule has 2 atom stereocenters. The van der Waals surface area contributed by atoms with Gasteiger partial charge in [-0.2, -0.15) is 0 Å². The third-order valence-electron chi connectivity index (χ3n) is 5.38. The summed E-state index contributed by atoms with van der Waals surface area (Å²) in [7, 11) is 1.38. The third-order valence-corrected chi connectivity index (χ3v) is 5.38. The molecule has 1 saturated heterocycles. The molecule has 6 nitrogen and oxygen atoms in total. The summed E-state index contributed by atoms with van der Waals surface area (Å²) >= 11 is 0. The fraction of sp³-hybridized carbons (Fsp3) is 0.478. The molecule has 0 bridgehead atoms. The zero-order chi connectivity index (χ0) is 20.6. The number of ether oxygens (including phenoxy) is 2. The summed E-state index contributed by atoms with van der Waals surface area (Å²) in [5, 5.41) is 5.41. The summed E-state index contributed by atoms with van der Waals surface area (Å²) in [5.74, 6) is -0.333. The molecule has 29 heavy (non-hydrogen) atoms. The highest BCUT2D eigenvalue weighted by Crippen LogP contribution is 2.24. The molecular weight excluding hydrogens is 368 g/mol. The van der Waals surface area contributed by atoms with Crippen LogP contribution in [-0.2, 0) is 19.1 Å². The third kappa shape index (κ3) is 6.02. The molecule has 0 aliphatic carbocycles. The van der Waals surface area contributed by atoms with Crippen molar-refractivity contribution in [2.24, 2.45) is 0 Å². The molecule has 1 fully saturated rings. The highest BCUT2D eigenvalue weighted by Gasteiger charge is 2.22. The predicted molar refractivity (Wildman–Crippen MR) is 113 cm³/mol. The van der Waals surface area contributed by atoms with Gasteiger partial charge in [0.15, 0.2) is 0 Å². The van der Waals surface area contributed by atoms with Gasteiger partial charge in [0.05, 0.1) is 32.2 Å². The van der Waals surface area contributed by atoms with E-state index in [0.717, 1.165) is 35.8 Å². The molecule has 3 rings (SSSR count). The molecule has 6 heteroatoms. The van der Waals surface area contributed by atoms with Crippen LogP contribution in [0.3, 0.4) is 0 Å². The van der Waals surface area contributed by atoms with Crippen LogP contribution in [-0.4, -0.2) is 56.2 Å². The van der Waals surface area contributed by atoms with Crippen molar-refractivity contribution >= 4 is 22.6 Å². The van der Waals surface area contributed by atoms with Crippen LogP contribution < -0.4 is 5.32 Å². The Labute approximate surface area is 172 Å². The summed E-state index contributed by atoms with van der Waals surface area (Å²) in [6.45, 7) is 4.11. The number of nitrogens with one attached hydrogen (secondary N) is 1. The molecule has 156 valence electrons. The Kier molecular flexibility index (Phi) is 7.61. The average Bonchev–Trinajstić information content (AvgIpc) is 3.24. The van der Waals surface area contributed by atoms with Crippen LogP contribution in [0, 0.1) is 0 Å². The molecular formula is C23H30N2O4. The fourth-order valence-electron chi connectivity index (χ4n) is 3.86. The van der Waals surface area contributed by atoms with Crippen LogP contribution in [0.2, 0.25) is 0 Å². The van der Waals surface area contributed by atoms with Gasteiger partial charge in [0.1, 0.15) is 0 Å². The highest BCUT2D eigenvalue weighted by atomic mass is 16.5. The number of esters is 1. The van der Waals surface area contributed by atoms with Crippen LogP contribution in [0.25, 0.3) is 10.8 Å². The first-order chi connectivity index (χ1) is 14.1. The molecule has 0 spiro atoms. The summed E-state index contributed by atoms with van der Waals surface area (Å²) in [4.78, 5) is 26.3. The zero-order valence-electron chi connectivity index (χ0n) is 17.2. The Morgan fingerprint density at radius 1 is 1.24 bits per heavy atom. The number of hydrogen-bond donors (Lipinski definition) is 1. The summed E-state index contributed by atoms with van der Waals surface area (Å²) in [6, 6.07) is 14.2. The van der Waals surface area contributed by atoms with Crippen LogP contribution in [0.15, 0.2) is 42.5 Å². The van der Waals surface area contributed by atoms with E-state index in [0.29, 0.717) is 13.1 Å². The van der Waals surface area contributed by atoms with E-state index in [-0.39, 0.29) is 37.0 Å². The molecule has 0 saturated carbocycles. The van der Waals surface area contributed by atoms with E-state index in [4.69, 9.17) is 9.47 Å². The van der Waals surface area contributed by atoms with E-state index in [9.17, 15) is 9.59 Å². The minimum absolute atomic E-state index is 0.0618. The van der Waals surface area contributed by atoms with Gasteiger partial charge in [-0.25, -0.2) is 0 Å². The Bertz CT molecular complexity index is 827. The average molecular weight is 399 g/mol. The number of benzene rings is 2. The Hall–Kier alpha value is -2.44. The van der Waals surface area contributed by atoms with Gasteiger partial charge in [-0.05, 0) is 36.1 Å². The molecule has 2 aromatic carbocycles. The minimum atomic E-state index is -0.271. The molecule has 0 aromatic heterocycles. The molecule has 0 radical (unpaired) electrons. The standard InChI is InChI=1S/C23H30N2O4/c1-17(20-11-5-8-18-7-3-4-10-21(18)20)24-22(26)16-25(13-12-23(27)28-2)15-19-9-6-14-29-19/h3-5,7-8,10-11,17,19H,6,9,12-16H2,1-2H3,(H,24,26). The smallest absolute Gasteiger partial charge is 0.306 e. The SMILES string of the molecule is COC(=O)CCN(CC(=O)NC(C)c1cccc2ccccc12)CC1CCCO1. The second kappa shape index (κ2) is 10.4. The summed E-state index contributed by atoms with van der Waals surface area (Å²) in [5.41, 5.74) is 1.09. The van der Waals surface area contributed by atoms with Gasteiger partial charge in [-0.1, -0.05) is 42.5 Å². The second-order valence-corrected chi connectivity index (χ2v) is 7.55. The largest absolute Gasteiger partial charge is 0.469 e. The first kappa shape index (κ1) is 21.3. The van der Waals surface area contributed by atoms with E-state index in [1.807, 2.05) is 30.0 Å². The summed E-state index contributed by atoms with van der Waals surface area (Å²) < 4.78 is 10.4. The fourth-order valence-corrected chi connectivity index (χ4v) is 3.86. The second-order valence-electron chi connectivity index (χ2n) is 7.55. The van der Waals surface area contributed by atoms with Crippen molar-refractivity contribution in [1.29, 1.82) is 0 Å². The lowest BCUT2D eigenvalue weighted by Crippen LogP contribution is -2.42. The molecule has 1 aliphatic heterocycles. The number of fused-ring (bicyclic) bond motifs is 1. The number of carbonyl (C=O) groups is 2. The maximum Gasteiger partial charge on any atom is 0.306 e. The van der Waals surface area contributed by atoms with Gasteiger partial charge < -0.3 is 14.8 Å². The molecule has 1 aliphatic rings. The van der Waals surface area contributed by atoms with Crippen molar-refractivity contribution < 1.29 is 19.1 Å². The molecule has 1 heterocycles. The number of hydrogen-bond acceptors (Lipinski definition) is 5. The molecule has 2 unspecified atom stereocenters. The monoisotopic (exact) mass is 398 g/mol. The quantitative estimate of drug-likeness (QED) is 0.658. The van der Waals surface area contributed by atoms with Gasteiger partial charge in [0.2, 0.25) is 5.91 Å².